The highest BCUT2D eigenvalue weighted by Crippen LogP contribution is 2.43. The lowest BCUT2D eigenvalue weighted by molar-refractivity contribution is 0.203. The highest BCUT2D eigenvalue weighted by atomic mass is 79.9. The van der Waals surface area contributed by atoms with Crippen LogP contribution >= 0.6 is 43.5 Å². The quantitative estimate of drug-likeness (QED) is 0.234. The van der Waals surface area contributed by atoms with Crippen molar-refractivity contribution in [3.63, 3.8) is 0 Å². The Morgan fingerprint density at radius 2 is 1.97 bits per heavy atom. The van der Waals surface area contributed by atoms with Crippen LogP contribution in [0, 0.1) is 0 Å². The predicted molar refractivity (Wildman–Crippen MR) is 153 cm³/mol. The van der Waals surface area contributed by atoms with Crippen molar-refractivity contribution in [2.24, 2.45) is 5.10 Å². The van der Waals surface area contributed by atoms with Gasteiger partial charge in [0.2, 0.25) is 0 Å². The molecule has 0 aliphatic heterocycles. The lowest BCUT2D eigenvalue weighted by Gasteiger charge is -2.23. The van der Waals surface area contributed by atoms with E-state index in [1.807, 2.05) is 39.0 Å². The van der Waals surface area contributed by atoms with Crippen molar-refractivity contribution in [2.45, 2.75) is 71.3 Å². The molecule has 0 saturated heterocycles. The van der Waals surface area contributed by atoms with Gasteiger partial charge in [0.15, 0.2) is 11.5 Å². The molecule has 3 aromatic rings. The zero-order valence-corrected chi connectivity index (χ0v) is 24.6. The summed E-state index contributed by atoms with van der Waals surface area (Å²) >= 11 is 13.8. The molecule has 36 heavy (non-hydrogen) atoms. The van der Waals surface area contributed by atoms with Crippen molar-refractivity contribution in [2.75, 3.05) is 6.61 Å². The molecule has 1 aliphatic carbocycles. The first-order valence-corrected chi connectivity index (χ1v) is 14.4. The summed E-state index contributed by atoms with van der Waals surface area (Å²) in [6.45, 7) is 6.40. The fraction of sp³-hybridized carbons (Fsp3) is 0.444. The Hall–Kier alpha value is -1.90. The second-order valence-electron chi connectivity index (χ2n) is 9.02. The van der Waals surface area contributed by atoms with E-state index in [0.717, 1.165) is 36.6 Å². The molecule has 0 amide bonds. The van der Waals surface area contributed by atoms with Gasteiger partial charge in [-0.1, -0.05) is 53.7 Å². The van der Waals surface area contributed by atoms with Crippen LogP contribution in [-0.2, 0) is 0 Å². The van der Waals surface area contributed by atoms with Crippen LogP contribution in [0.2, 0.25) is 5.02 Å². The van der Waals surface area contributed by atoms with Crippen molar-refractivity contribution in [3.8, 4) is 11.5 Å². The molecule has 0 bridgehead atoms. The van der Waals surface area contributed by atoms with Crippen LogP contribution in [0.15, 0.2) is 43.1 Å². The molecule has 9 heteroatoms. The van der Waals surface area contributed by atoms with Gasteiger partial charge in [0.1, 0.15) is 10.8 Å². The number of halogens is 3. The number of aromatic nitrogens is 2. The summed E-state index contributed by atoms with van der Waals surface area (Å²) in [6.07, 6.45) is 7.89. The van der Waals surface area contributed by atoms with Crippen molar-refractivity contribution in [1.82, 2.24) is 9.66 Å². The molecule has 6 nitrogen and oxygen atoms in total. The molecule has 1 atom stereocenters. The van der Waals surface area contributed by atoms with E-state index in [1.165, 1.54) is 11.1 Å². The summed E-state index contributed by atoms with van der Waals surface area (Å²) in [5.41, 5.74) is 1.17. The minimum Gasteiger partial charge on any atom is -0.490 e. The van der Waals surface area contributed by atoms with E-state index < -0.39 is 0 Å². The van der Waals surface area contributed by atoms with Crippen molar-refractivity contribution < 1.29 is 9.47 Å². The maximum absolute atomic E-state index is 13.6. The molecule has 0 N–H and O–H groups in total. The summed E-state index contributed by atoms with van der Waals surface area (Å²) in [4.78, 5) is 18.5. The first-order chi connectivity index (χ1) is 17.3. The van der Waals surface area contributed by atoms with Gasteiger partial charge in [-0.2, -0.15) is 9.78 Å². The van der Waals surface area contributed by atoms with Crippen LogP contribution in [0.4, 0.5) is 0 Å². The minimum absolute atomic E-state index is 0.0206. The van der Waals surface area contributed by atoms with Crippen molar-refractivity contribution in [3.05, 3.63) is 60.0 Å². The van der Waals surface area contributed by atoms with Gasteiger partial charge in [0, 0.05) is 20.4 Å². The number of hydrogen-bond acceptors (Lipinski definition) is 5. The van der Waals surface area contributed by atoms with Gasteiger partial charge in [0.25, 0.3) is 5.56 Å². The fourth-order valence-corrected chi connectivity index (χ4v) is 5.38. The average Bonchev–Trinajstić information content (AvgIpc) is 2.89. The molecule has 1 aliphatic rings. The summed E-state index contributed by atoms with van der Waals surface area (Å²) in [5.74, 6) is 1.92. The summed E-state index contributed by atoms with van der Waals surface area (Å²) in [5, 5.41) is 5.58. The van der Waals surface area contributed by atoms with Crippen LogP contribution in [0.1, 0.15) is 76.6 Å². The van der Waals surface area contributed by atoms with Crippen LogP contribution in [-0.4, -0.2) is 28.6 Å². The second-order valence-corrected chi connectivity index (χ2v) is 11.1. The van der Waals surface area contributed by atoms with E-state index >= 15 is 0 Å². The van der Waals surface area contributed by atoms with E-state index in [0.29, 0.717) is 49.9 Å². The number of ether oxygens (including phenoxy) is 2. The van der Waals surface area contributed by atoms with E-state index in [2.05, 4.69) is 37.0 Å². The van der Waals surface area contributed by atoms with Crippen LogP contribution in [0.5, 0.6) is 11.5 Å². The van der Waals surface area contributed by atoms with Gasteiger partial charge in [0.05, 0.1) is 29.8 Å². The summed E-state index contributed by atoms with van der Waals surface area (Å²) in [6, 6.07) is 7.41. The SMILES string of the molecule is CCOc1cc(C=Nn2c(C3CCCCC3)nc3ccc(Br)cc3c2=O)c(Br)c(Cl)c1O[C@@H](C)CC. The lowest BCUT2D eigenvalue weighted by atomic mass is 9.88. The summed E-state index contributed by atoms with van der Waals surface area (Å²) in [7, 11) is 0. The normalized spacial score (nSPS) is 15.5. The minimum atomic E-state index is -0.193. The van der Waals surface area contributed by atoms with Crippen LogP contribution in [0.3, 0.4) is 0 Å². The standard InChI is InChI=1S/C27H30Br2ClN3O3/c1-4-16(3)36-25-22(35-5-2)13-18(23(29)24(25)30)15-31-33-26(17-9-7-6-8-10-17)32-21-12-11-19(28)14-20(21)27(33)34/h11-17H,4-10H2,1-3H3/t16-/m0/s1. The van der Waals surface area contributed by atoms with E-state index in [4.69, 9.17) is 26.1 Å². The Morgan fingerprint density at radius 3 is 2.67 bits per heavy atom. The highest BCUT2D eigenvalue weighted by Gasteiger charge is 2.23. The number of fused-ring (bicyclic) bond motifs is 1. The maximum atomic E-state index is 13.6. The fourth-order valence-electron chi connectivity index (χ4n) is 4.38. The molecule has 2 aromatic carbocycles. The predicted octanol–water partition coefficient (Wildman–Crippen LogP) is 8.08. The second kappa shape index (κ2) is 12.1. The van der Waals surface area contributed by atoms with Gasteiger partial charge < -0.3 is 9.47 Å². The third kappa shape index (κ3) is 5.81. The molecular weight excluding hydrogens is 610 g/mol. The first kappa shape index (κ1) is 27.1. The molecule has 192 valence electrons. The van der Waals surface area contributed by atoms with Crippen LogP contribution < -0.4 is 15.0 Å². The molecule has 1 fully saturated rings. The molecule has 0 unspecified atom stereocenters. The largest absolute Gasteiger partial charge is 0.490 e. The molecular formula is C27H30Br2ClN3O3. The van der Waals surface area contributed by atoms with E-state index in [1.54, 1.807) is 12.3 Å². The molecule has 0 radical (unpaired) electrons. The zero-order chi connectivity index (χ0) is 25.8. The molecule has 1 aromatic heterocycles. The third-order valence-electron chi connectivity index (χ3n) is 6.47. The number of rotatable bonds is 8. The maximum Gasteiger partial charge on any atom is 0.282 e. The van der Waals surface area contributed by atoms with Gasteiger partial charge in [-0.3, -0.25) is 4.79 Å². The van der Waals surface area contributed by atoms with Gasteiger partial charge in [-0.05, 0) is 73.3 Å². The van der Waals surface area contributed by atoms with Gasteiger partial charge in [-0.15, -0.1) is 0 Å². The molecule has 1 saturated carbocycles. The lowest BCUT2D eigenvalue weighted by Crippen LogP contribution is -2.25. The Bertz CT molecular complexity index is 1340. The smallest absolute Gasteiger partial charge is 0.282 e. The van der Waals surface area contributed by atoms with Gasteiger partial charge >= 0.3 is 0 Å². The average molecular weight is 640 g/mol. The van der Waals surface area contributed by atoms with Gasteiger partial charge in [-0.25, -0.2) is 4.98 Å². The zero-order valence-electron chi connectivity index (χ0n) is 20.7. The molecule has 0 spiro atoms. The van der Waals surface area contributed by atoms with Crippen molar-refractivity contribution in [1.29, 1.82) is 0 Å². The topological polar surface area (TPSA) is 65.7 Å². The Balaban J connectivity index is 1.84. The van der Waals surface area contributed by atoms with Crippen LogP contribution in [0.25, 0.3) is 10.9 Å². The Kier molecular flexibility index (Phi) is 9.12. The monoisotopic (exact) mass is 637 g/mol. The third-order valence-corrected chi connectivity index (χ3v) is 8.40. The summed E-state index contributed by atoms with van der Waals surface area (Å²) < 4.78 is 14.8. The van der Waals surface area contributed by atoms with E-state index in [-0.39, 0.29) is 17.6 Å². The highest BCUT2D eigenvalue weighted by molar-refractivity contribution is 9.10. The first-order valence-electron chi connectivity index (χ1n) is 12.4. The van der Waals surface area contributed by atoms with Crippen molar-refractivity contribution >= 4 is 60.6 Å². The number of benzene rings is 2. The van der Waals surface area contributed by atoms with E-state index in [9.17, 15) is 4.79 Å². The number of nitrogens with zero attached hydrogens (tertiary/aromatic N) is 3. The molecule has 4 rings (SSSR count). The Labute approximate surface area is 233 Å². The number of hydrogen-bond donors (Lipinski definition) is 0. The Morgan fingerprint density at radius 1 is 1.22 bits per heavy atom. The molecule has 1 heterocycles.